The quantitative estimate of drug-likeness (QED) is 0.361. The van der Waals surface area contributed by atoms with Crippen molar-refractivity contribution in [2.45, 2.75) is 24.8 Å². The standard InChI is InChI=1S/C24H22ClNO5S/c1-16-7-13-22(14-8-16)32(29,30)26(3)21-11-9-18(10-12-21)24(28)31-17(2)23(27)19-5-4-6-20(25)15-19/h4-15,17H,1-3H3. The zero-order chi connectivity index (χ0) is 23.5. The molecular weight excluding hydrogens is 450 g/mol. The Kier molecular flexibility index (Phi) is 7.01. The van der Waals surface area contributed by atoms with Crippen LogP contribution in [0.1, 0.15) is 33.2 Å². The first-order valence-corrected chi connectivity index (χ1v) is 11.6. The summed E-state index contributed by atoms with van der Waals surface area (Å²) in [5.41, 5.74) is 1.87. The minimum Gasteiger partial charge on any atom is -0.451 e. The number of aryl methyl sites for hydroxylation is 1. The SMILES string of the molecule is Cc1ccc(S(=O)(=O)N(C)c2ccc(C(=O)OC(C)C(=O)c3cccc(Cl)c3)cc2)cc1. The first kappa shape index (κ1) is 23.5. The van der Waals surface area contributed by atoms with Crippen molar-refractivity contribution in [3.05, 3.63) is 94.5 Å². The summed E-state index contributed by atoms with van der Waals surface area (Å²) < 4.78 is 32.1. The van der Waals surface area contributed by atoms with Crippen LogP contribution in [0.4, 0.5) is 5.69 Å². The lowest BCUT2D eigenvalue weighted by molar-refractivity contribution is 0.0319. The van der Waals surface area contributed by atoms with E-state index in [-0.39, 0.29) is 16.2 Å². The van der Waals surface area contributed by atoms with Crippen LogP contribution in [-0.4, -0.2) is 33.3 Å². The predicted molar refractivity (Wildman–Crippen MR) is 124 cm³/mol. The topological polar surface area (TPSA) is 80.8 Å². The van der Waals surface area contributed by atoms with Gasteiger partial charge < -0.3 is 4.74 Å². The number of ketones is 1. The first-order chi connectivity index (χ1) is 15.1. The lowest BCUT2D eigenvalue weighted by Gasteiger charge is -2.20. The van der Waals surface area contributed by atoms with Crippen molar-refractivity contribution < 1.29 is 22.7 Å². The second-order valence-corrected chi connectivity index (χ2v) is 9.66. The van der Waals surface area contributed by atoms with E-state index < -0.39 is 22.1 Å². The van der Waals surface area contributed by atoms with E-state index in [1.807, 2.05) is 6.92 Å². The van der Waals surface area contributed by atoms with Gasteiger partial charge >= 0.3 is 5.97 Å². The van der Waals surface area contributed by atoms with E-state index in [4.69, 9.17) is 16.3 Å². The van der Waals surface area contributed by atoms with Gasteiger partial charge in [-0.2, -0.15) is 0 Å². The lowest BCUT2D eigenvalue weighted by atomic mass is 10.1. The number of hydrogen-bond acceptors (Lipinski definition) is 5. The van der Waals surface area contributed by atoms with E-state index in [9.17, 15) is 18.0 Å². The van der Waals surface area contributed by atoms with Gasteiger partial charge in [0.05, 0.1) is 16.1 Å². The first-order valence-electron chi connectivity index (χ1n) is 9.76. The molecule has 0 aliphatic rings. The number of ether oxygens (including phenoxy) is 1. The summed E-state index contributed by atoms with van der Waals surface area (Å²) in [5, 5.41) is 0.412. The maximum absolute atomic E-state index is 12.8. The second-order valence-electron chi connectivity index (χ2n) is 7.25. The molecule has 0 amide bonds. The Morgan fingerprint density at radius 2 is 1.56 bits per heavy atom. The molecule has 0 N–H and O–H groups in total. The van der Waals surface area contributed by atoms with Crippen LogP contribution in [0.5, 0.6) is 0 Å². The third kappa shape index (κ3) is 5.18. The highest BCUT2D eigenvalue weighted by Crippen LogP contribution is 2.23. The minimum atomic E-state index is -3.74. The van der Waals surface area contributed by atoms with Gasteiger partial charge in [0, 0.05) is 17.6 Å². The van der Waals surface area contributed by atoms with Crippen LogP contribution in [0, 0.1) is 6.92 Å². The number of rotatable bonds is 7. The Balaban J connectivity index is 1.71. The van der Waals surface area contributed by atoms with Crippen LogP contribution in [0.2, 0.25) is 5.02 Å². The molecule has 0 aromatic heterocycles. The van der Waals surface area contributed by atoms with Gasteiger partial charge in [-0.25, -0.2) is 13.2 Å². The number of carbonyl (C=O) groups excluding carboxylic acids is 2. The highest BCUT2D eigenvalue weighted by atomic mass is 35.5. The Hall–Kier alpha value is -3.16. The lowest BCUT2D eigenvalue weighted by Crippen LogP contribution is -2.27. The molecule has 1 atom stereocenters. The van der Waals surface area contributed by atoms with Crippen molar-refractivity contribution in [2.24, 2.45) is 0 Å². The molecule has 3 rings (SSSR count). The smallest absolute Gasteiger partial charge is 0.338 e. The third-order valence-electron chi connectivity index (χ3n) is 4.91. The summed E-state index contributed by atoms with van der Waals surface area (Å²) in [7, 11) is -2.31. The predicted octanol–water partition coefficient (Wildman–Crippen LogP) is 4.90. The summed E-state index contributed by atoms with van der Waals surface area (Å²) in [6, 6.07) is 18.9. The van der Waals surface area contributed by atoms with E-state index in [0.29, 0.717) is 16.3 Å². The molecule has 0 fully saturated rings. The molecular formula is C24H22ClNO5S. The highest BCUT2D eigenvalue weighted by Gasteiger charge is 2.23. The number of nitrogens with zero attached hydrogens (tertiary/aromatic N) is 1. The molecule has 0 heterocycles. The van der Waals surface area contributed by atoms with Gasteiger partial charge in [-0.05, 0) is 62.4 Å². The Morgan fingerprint density at radius 1 is 0.938 bits per heavy atom. The monoisotopic (exact) mass is 471 g/mol. The normalized spacial score (nSPS) is 12.1. The zero-order valence-corrected chi connectivity index (χ0v) is 19.4. The molecule has 166 valence electrons. The van der Waals surface area contributed by atoms with Gasteiger partial charge in [0.2, 0.25) is 5.78 Å². The van der Waals surface area contributed by atoms with Crippen molar-refractivity contribution in [1.82, 2.24) is 0 Å². The molecule has 0 radical (unpaired) electrons. The van der Waals surface area contributed by atoms with Gasteiger partial charge in [0.15, 0.2) is 6.10 Å². The van der Waals surface area contributed by atoms with Gasteiger partial charge in [0.1, 0.15) is 0 Å². The van der Waals surface area contributed by atoms with Crippen molar-refractivity contribution in [3.8, 4) is 0 Å². The average Bonchev–Trinajstić information content (AvgIpc) is 2.78. The molecule has 0 bridgehead atoms. The number of esters is 1. The fourth-order valence-electron chi connectivity index (χ4n) is 2.97. The number of halogens is 1. The van der Waals surface area contributed by atoms with Gasteiger partial charge in [0.25, 0.3) is 10.0 Å². The molecule has 1 unspecified atom stereocenters. The van der Waals surface area contributed by atoms with Crippen molar-refractivity contribution >= 4 is 39.1 Å². The highest BCUT2D eigenvalue weighted by molar-refractivity contribution is 7.92. The van der Waals surface area contributed by atoms with Crippen molar-refractivity contribution in [3.63, 3.8) is 0 Å². The van der Waals surface area contributed by atoms with E-state index >= 15 is 0 Å². The largest absolute Gasteiger partial charge is 0.451 e. The number of carbonyl (C=O) groups is 2. The Morgan fingerprint density at radius 3 is 2.16 bits per heavy atom. The Labute approximate surface area is 192 Å². The van der Waals surface area contributed by atoms with Crippen LogP contribution >= 0.6 is 11.6 Å². The Bertz CT molecular complexity index is 1240. The number of Topliss-reactive ketones (excluding diaryl/α,β-unsaturated/α-hetero) is 1. The molecule has 32 heavy (non-hydrogen) atoms. The van der Waals surface area contributed by atoms with Crippen LogP contribution in [0.15, 0.2) is 77.7 Å². The minimum absolute atomic E-state index is 0.169. The number of sulfonamides is 1. The van der Waals surface area contributed by atoms with E-state index in [1.165, 1.54) is 44.3 Å². The summed E-state index contributed by atoms with van der Waals surface area (Å²) in [4.78, 5) is 25.1. The van der Waals surface area contributed by atoms with Crippen LogP contribution in [0.25, 0.3) is 0 Å². The second kappa shape index (κ2) is 9.54. The molecule has 3 aromatic rings. The maximum atomic E-state index is 12.8. The van der Waals surface area contributed by atoms with Gasteiger partial charge in [-0.15, -0.1) is 0 Å². The molecule has 8 heteroatoms. The number of anilines is 1. The zero-order valence-electron chi connectivity index (χ0n) is 17.8. The van der Waals surface area contributed by atoms with Crippen molar-refractivity contribution in [1.29, 1.82) is 0 Å². The molecule has 0 aliphatic heterocycles. The summed E-state index contributed by atoms with van der Waals surface area (Å²) >= 11 is 5.91. The van der Waals surface area contributed by atoms with E-state index in [0.717, 1.165) is 9.87 Å². The molecule has 6 nitrogen and oxygen atoms in total. The van der Waals surface area contributed by atoms with E-state index in [2.05, 4.69) is 0 Å². The van der Waals surface area contributed by atoms with Crippen molar-refractivity contribution in [2.75, 3.05) is 11.4 Å². The fraction of sp³-hybridized carbons (Fsp3) is 0.167. The number of hydrogen-bond donors (Lipinski definition) is 0. The molecule has 0 spiro atoms. The molecule has 0 aliphatic carbocycles. The third-order valence-corrected chi connectivity index (χ3v) is 6.94. The molecule has 3 aromatic carbocycles. The van der Waals surface area contributed by atoms with Crippen LogP contribution in [0.3, 0.4) is 0 Å². The summed E-state index contributed by atoms with van der Waals surface area (Å²) in [6.45, 7) is 3.36. The average molecular weight is 472 g/mol. The summed E-state index contributed by atoms with van der Waals surface area (Å²) in [6.07, 6.45) is -1.01. The van der Waals surface area contributed by atoms with Crippen LogP contribution in [-0.2, 0) is 14.8 Å². The van der Waals surface area contributed by atoms with Gasteiger partial charge in [-0.1, -0.05) is 41.4 Å². The maximum Gasteiger partial charge on any atom is 0.338 e. The fourth-order valence-corrected chi connectivity index (χ4v) is 4.36. The van der Waals surface area contributed by atoms with Gasteiger partial charge in [-0.3, -0.25) is 9.10 Å². The summed E-state index contributed by atoms with van der Waals surface area (Å²) in [5.74, 6) is -1.06. The molecule has 0 saturated heterocycles. The molecule has 0 saturated carbocycles. The van der Waals surface area contributed by atoms with E-state index in [1.54, 1.807) is 42.5 Å². The number of benzene rings is 3. The van der Waals surface area contributed by atoms with Crippen LogP contribution < -0.4 is 4.31 Å².